The summed E-state index contributed by atoms with van der Waals surface area (Å²) in [7, 11) is 3.11. The van der Waals surface area contributed by atoms with Gasteiger partial charge in [-0.2, -0.15) is 0 Å². The average Bonchev–Trinajstić information content (AvgIpc) is 3.34. The molecule has 0 heterocycles. The van der Waals surface area contributed by atoms with E-state index in [1.54, 1.807) is 44.2 Å². The van der Waals surface area contributed by atoms with Crippen molar-refractivity contribution in [2.75, 3.05) is 20.8 Å². The van der Waals surface area contributed by atoms with Crippen molar-refractivity contribution in [3.8, 4) is 17.2 Å². The summed E-state index contributed by atoms with van der Waals surface area (Å²) in [6, 6.07) is 12.6. The van der Waals surface area contributed by atoms with Crippen molar-refractivity contribution in [3.63, 3.8) is 0 Å². The van der Waals surface area contributed by atoms with Gasteiger partial charge in [0.15, 0.2) is 6.61 Å². The summed E-state index contributed by atoms with van der Waals surface area (Å²) in [6.07, 6.45) is 4.24. The fourth-order valence-corrected chi connectivity index (χ4v) is 4.04. The predicted octanol–water partition coefficient (Wildman–Crippen LogP) is 3.87. The molecule has 1 aliphatic rings. The first-order valence-electron chi connectivity index (χ1n) is 11.4. The van der Waals surface area contributed by atoms with Gasteiger partial charge >= 0.3 is 0 Å². The van der Waals surface area contributed by atoms with Crippen LogP contribution in [0.1, 0.15) is 43.7 Å². The van der Waals surface area contributed by atoms with Gasteiger partial charge in [-0.25, -0.2) is 0 Å². The van der Waals surface area contributed by atoms with E-state index in [1.807, 2.05) is 31.2 Å². The third kappa shape index (κ3) is 6.63. The van der Waals surface area contributed by atoms with Crippen molar-refractivity contribution in [1.29, 1.82) is 0 Å². The van der Waals surface area contributed by atoms with Crippen LogP contribution in [0.2, 0.25) is 0 Å². The minimum atomic E-state index is -0.624. The molecule has 0 unspecified atom stereocenters. The largest absolute Gasteiger partial charge is 0.496 e. The highest BCUT2D eigenvalue weighted by atomic mass is 16.5. The summed E-state index contributed by atoms with van der Waals surface area (Å²) < 4.78 is 16.3. The Morgan fingerprint density at radius 2 is 1.64 bits per heavy atom. The van der Waals surface area contributed by atoms with Gasteiger partial charge < -0.3 is 24.4 Å². The summed E-state index contributed by atoms with van der Waals surface area (Å²) in [5.41, 5.74) is 2.06. The Morgan fingerprint density at radius 1 is 1.03 bits per heavy atom. The lowest BCUT2D eigenvalue weighted by molar-refractivity contribution is -0.142. The molecule has 0 aromatic heterocycles. The van der Waals surface area contributed by atoms with Gasteiger partial charge in [0.2, 0.25) is 5.91 Å². The third-order valence-electron chi connectivity index (χ3n) is 6.16. The minimum absolute atomic E-state index is 0.133. The fourth-order valence-electron chi connectivity index (χ4n) is 4.04. The van der Waals surface area contributed by atoms with E-state index in [1.165, 1.54) is 0 Å². The Bertz CT molecular complexity index is 933. The van der Waals surface area contributed by atoms with Gasteiger partial charge in [-0.3, -0.25) is 9.59 Å². The van der Waals surface area contributed by atoms with Crippen LogP contribution in [0.3, 0.4) is 0 Å². The van der Waals surface area contributed by atoms with Crippen molar-refractivity contribution >= 4 is 11.8 Å². The smallest absolute Gasteiger partial charge is 0.261 e. The maximum Gasteiger partial charge on any atom is 0.261 e. The van der Waals surface area contributed by atoms with Crippen LogP contribution in [0.15, 0.2) is 42.5 Å². The first-order chi connectivity index (χ1) is 15.9. The second-order valence-corrected chi connectivity index (χ2v) is 8.45. The zero-order valence-electron chi connectivity index (χ0n) is 19.9. The lowest BCUT2D eigenvalue weighted by atomic mass is 10.1. The molecule has 1 fully saturated rings. The van der Waals surface area contributed by atoms with E-state index in [4.69, 9.17) is 14.2 Å². The van der Waals surface area contributed by atoms with Crippen LogP contribution >= 0.6 is 0 Å². The maximum absolute atomic E-state index is 13.3. The number of carbonyl (C=O) groups is 2. The molecular formula is C26H34N2O5. The molecule has 0 aliphatic heterocycles. The van der Waals surface area contributed by atoms with Crippen molar-refractivity contribution in [2.45, 2.75) is 58.2 Å². The molecule has 7 nitrogen and oxygen atoms in total. The highest BCUT2D eigenvalue weighted by Crippen LogP contribution is 2.27. The second-order valence-electron chi connectivity index (χ2n) is 8.45. The van der Waals surface area contributed by atoms with Crippen molar-refractivity contribution in [2.24, 2.45) is 0 Å². The monoisotopic (exact) mass is 454 g/mol. The SMILES string of the molecule is COc1cc(OC)cc(OCC(=O)N(Cc2ccccc2C)[C@H](C)C(=O)NC2CCCC2)c1. The standard InChI is InChI=1S/C26H34N2O5/c1-18-9-5-6-10-20(18)16-28(19(2)26(30)27-21-11-7-8-12-21)25(29)17-33-24-14-22(31-3)13-23(15-24)32-4/h5-6,9-10,13-15,19,21H,7-8,11-12,16-17H2,1-4H3,(H,27,30)/t19-/m1/s1. The van der Waals surface area contributed by atoms with Crippen LogP contribution in [0.25, 0.3) is 0 Å². The zero-order chi connectivity index (χ0) is 23.8. The molecule has 0 spiro atoms. The Hall–Kier alpha value is -3.22. The molecule has 1 atom stereocenters. The van der Waals surface area contributed by atoms with Gasteiger partial charge in [0.25, 0.3) is 5.91 Å². The van der Waals surface area contributed by atoms with E-state index in [0.29, 0.717) is 23.8 Å². The van der Waals surface area contributed by atoms with E-state index < -0.39 is 6.04 Å². The van der Waals surface area contributed by atoms with Crippen molar-refractivity contribution in [3.05, 3.63) is 53.6 Å². The molecule has 0 saturated heterocycles. The first-order valence-corrected chi connectivity index (χ1v) is 11.4. The van der Waals surface area contributed by atoms with Crippen molar-refractivity contribution in [1.82, 2.24) is 10.2 Å². The van der Waals surface area contributed by atoms with Crippen LogP contribution in [0.5, 0.6) is 17.2 Å². The molecule has 0 bridgehead atoms. The Labute approximate surface area is 196 Å². The molecular weight excluding hydrogens is 420 g/mol. The van der Waals surface area contributed by atoms with E-state index in [2.05, 4.69) is 5.32 Å². The molecule has 33 heavy (non-hydrogen) atoms. The Morgan fingerprint density at radius 3 is 2.24 bits per heavy atom. The van der Waals surface area contributed by atoms with Gasteiger partial charge in [0.05, 0.1) is 14.2 Å². The number of carbonyl (C=O) groups excluding carboxylic acids is 2. The molecule has 2 aromatic rings. The molecule has 7 heteroatoms. The first kappa shape index (κ1) is 24.4. The number of methoxy groups -OCH3 is 2. The van der Waals surface area contributed by atoms with Crippen LogP contribution in [0.4, 0.5) is 0 Å². The number of nitrogens with one attached hydrogen (secondary N) is 1. The number of benzene rings is 2. The Kier molecular flexibility index (Phi) is 8.58. The predicted molar refractivity (Wildman–Crippen MR) is 127 cm³/mol. The van der Waals surface area contributed by atoms with E-state index >= 15 is 0 Å². The highest BCUT2D eigenvalue weighted by Gasteiger charge is 2.29. The molecule has 2 amide bonds. The third-order valence-corrected chi connectivity index (χ3v) is 6.16. The summed E-state index contributed by atoms with van der Waals surface area (Å²) in [5, 5.41) is 3.11. The normalized spacial score (nSPS) is 14.4. The summed E-state index contributed by atoms with van der Waals surface area (Å²) in [6.45, 7) is 3.90. The number of aryl methyl sites for hydroxylation is 1. The van der Waals surface area contributed by atoms with Gasteiger partial charge in [0, 0.05) is 30.8 Å². The quantitative estimate of drug-likeness (QED) is 0.590. The summed E-state index contributed by atoms with van der Waals surface area (Å²) >= 11 is 0. The molecule has 1 saturated carbocycles. The van der Waals surface area contributed by atoms with Crippen LogP contribution in [0, 0.1) is 6.92 Å². The van der Waals surface area contributed by atoms with E-state index in [0.717, 1.165) is 36.8 Å². The van der Waals surface area contributed by atoms with E-state index in [-0.39, 0.29) is 24.5 Å². The number of amides is 2. The molecule has 178 valence electrons. The highest BCUT2D eigenvalue weighted by molar-refractivity contribution is 5.88. The topological polar surface area (TPSA) is 77.1 Å². The van der Waals surface area contributed by atoms with Gasteiger partial charge in [0.1, 0.15) is 23.3 Å². The number of ether oxygens (including phenoxy) is 3. The summed E-state index contributed by atoms with van der Waals surface area (Å²) in [5.74, 6) is 1.19. The summed E-state index contributed by atoms with van der Waals surface area (Å²) in [4.78, 5) is 27.9. The van der Waals surface area contributed by atoms with Gasteiger partial charge in [-0.15, -0.1) is 0 Å². The maximum atomic E-state index is 13.3. The fraction of sp³-hybridized carbons (Fsp3) is 0.462. The molecule has 2 aromatic carbocycles. The van der Waals surface area contributed by atoms with Crippen molar-refractivity contribution < 1.29 is 23.8 Å². The van der Waals surface area contributed by atoms with E-state index in [9.17, 15) is 9.59 Å². The number of hydrogen-bond acceptors (Lipinski definition) is 5. The Balaban J connectivity index is 1.75. The van der Waals surface area contributed by atoms with Gasteiger partial charge in [-0.05, 0) is 37.8 Å². The average molecular weight is 455 g/mol. The lowest BCUT2D eigenvalue weighted by Crippen LogP contribution is -2.50. The minimum Gasteiger partial charge on any atom is -0.496 e. The molecule has 1 aliphatic carbocycles. The molecule has 3 rings (SSSR count). The second kappa shape index (κ2) is 11.6. The number of nitrogens with zero attached hydrogens (tertiary/aromatic N) is 1. The number of hydrogen-bond donors (Lipinski definition) is 1. The van der Waals surface area contributed by atoms with Crippen LogP contribution in [-0.4, -0.2) is 49.6 Å². The molecule has 0 radical (unpaired) electrons. The van der Waals surface area contributed by atoms with Crippen LogP contribution < -0.4 is 19.5 Å². The number of rotatable bonds is 10. The zero-order valence-corrected chi connectivity index (χ0v) is 19.9. The van der Waals surface area contributed by atoms with Crippen LogP contribution in [-0.2, 0) is 16.1 Å². The van der Waals surface area contributed by atoms with Gasteiger partial charge in [-0.1, -0.05) is 37.1 Å². The lowest BCUT2D eigenvalue weighted by Gasteiger charge is -2.30. The molecule has 1 N–H and O–H groups in total.